The molecule has 5 heteroatoms. The van der Waals surface area contributed by atoms with Crippen molar-refractivity contribution in [3.05, 3.63) is 10.8 Å². The number of aromatic nitrogens is 2. The SMILES string of the molecule is CCCNc1ncnc(N2CCC(CC)(CC)C2)c1Br. The van der Waals surface area contributed by atoms with Crippen LogP contribution in [0.3, 0.4) is 0 Å². The molecule has 1 aliphatic rings. The van der Waals surface area contributed by atoms with Gasteiger partial charge >= 0.3 is 0 Å². The highest BCUT2D eigenvalue weighted by atomic mass is 79.9. The lowest BCUT2D eigenvalue weighted by atomic mass is 9.82. The van der Waals surface area contributed by atoms with Gasteiger partial charge in [0, 0.05) is 19.6 Å². The van der Waals surface area contributed by atoms with E-state index in [1.165, 1.54) is 19.3 Å². The van der Waals surface area contributed by atoms with Gasteiger partial charge in [0.2, 0.25) is 0 Å². The lowest BCUT2D eigenvalue weighted by Gasteiger charge is -2.27. The maximum absolute atomic E-state index is 4.49. The highest BCUT2D eigenvalue weighted by Gasteiger charge is 2.36. The van der Waals surface area contributed by atoms with Crippen LogP contribution in [0, 0.1) is 5.41 Å². The molecule has 0 radical (unpaired) electrons. The molecule has 1 aromatic heterocycles. The van der Waals surface area contributed by atoms with Crippen molar-refractivity contribution in [2.45, 2.75) is 46.5 Å². The molecule has 112 valence electrons. The van der Waals surface area contributed by atoms with Gasteiger partial charge < -0.3 is 10.2 Å². The first-order valence-corrected chi connectivity index (χ1v) is 8.44. The molecule has 1 aromatic rings. The highest BCUT2D eigenvalue weighted by molar-refractivity contribution is 9.10. The number of hydrogen-bond donors (Lipinski definition) is 1. The van der Waals surface area contributed by atoms with Crippen molar-refractivity contribution in [2.75, 3.05) is 29.9 Å². The van der Waals surface area contributed by atoms with Crippen LogP contribution in [0.4, 0.5) is 11.6 Å². The molecule has 1 fully saturated rings. The van der Waals surface area contributed by atoms with Gasteiger partial charge in [-0.25, -0.2) is 9.97 Å². The number of nitrogens with one attached hydrogen (secondary N) is 1. The van der Waals surface area contributed by atoms with E-state index in [0.29, 0.717) is 5.41 Å². The summed E-state index contributed by atoms with van der Waals surface area (Å²) >= 11 is 3.67. The minimum Gasteiger partial charge on any atom is -0.369 e. The lowest BCUT2D eigenvalue weighted by Crippen LogP contribution is -2.27. The molecule has 0 atom stereocenters. The minimum atomic E-state index is 0.460. The zero-order valence-electron chi connectivity index (χ0n) is 12.7. The van der Waals surface area contributed by atoms with Crippen LogP contribution in [0.1, 0.15) is 46.5 Å². The van der Waals surface area contributed by atoms with E-state index in [1.807, 2.05) is 0 Å². The van der Waals surface area contributed by atoms with Gasteiger partial charge in [-0.1, -0.05) is 20.8 Å². The van der Waals surface area contributed by atoms with E-state index >= 15 is 0 Å². The van der Waals surface area contributed by atoms with E-state index in [-0.39, 0.29) is 0 Å². The number of rotatable bonds is 6. The van der Waals surface area contributed by atoms with Gasteiger partial charge in [-0.3, -0.25) is 0 Å². The Morgan fingerprint density at radius 3 is 2.65 bits per heavy atom. The molecule has 0 saturated carbocycles. The molecule has 2 rings (SSSR count). The topological polar surface area (TPSA) is 41.1 Å². The summed E-state index contributed by atoms with van der Waals surface area (Å²) in [5.74, 6) is 1.93. The number of halogens is 1. The first kappa shape index (κ1) is 15.5. The largest absolute Gasteiger partial charge is 0.369 e. The molecular weight excluding hydrogens is 316 g/mol. The van der Waals surface area contributed by atoms with Crippen LogP contribution in [-0.4, -0.2) is 29.6 Å². The van der Waals surface area contributed by atoms with E-state index < -0.39 is 0 Å². The maximum Gasteiger partial charge on any atom is 0.148 e. The lowest BCUT2D eigenvalue weighted by molar-refractivity contribution is 0.301. The second kappa shape index (κ2) is 6.74. The summed E-state index contributed by atoms with van der Waals surface area (Å²) in [4.78, 5) is 11.2. The van der Waals surface area contributed by atoms with Gasteiger partial charge in [0.15, 0.2) is 0 Å². The van der Waals surface area contributed by atoms with E-state index in [2.05, 4.69) is 56.9 Å². The fourth-order valence-electron chi connectivity index (χ4n) is 2.89. The van der Waals surface area contributed by atoms with Gasteiger partial charge in [0.1, 0.15) is 22.4 Å². The Kier molecular flexibility index (Phi) is 5.24. The fraction of sp³-hybridized carbons (Fsp3) is 0.733. The predicted molar refractivity (Wildman–Crippen MR) is 88.4 cm³/mol. The number of anilines is 2. The minimum absolute atomic E-state index is 0.460. The van der Waals surface area contributed by atoms with Crippen molar-refractivity contribution in [2.24, 2.45) is 5.41 Å². The van der Waals surface area contributed by atoms with E-state index in [1.54, 1.807) is 6.33 Å². The Morgan fingerprint density at radius 2 is 2.05 bits per heavy atom. The molecule has 0 amide bonds. The Labute approximate surface area is 130 Å². The van der Waals surface area contributed by atoms with Crippen LogP contribution >= 0.6 is 15.9 Å². The van der Waals surface area contributed by atoms with Crippen LogP contribution in [0.5, 0.6) is 0 Å². The molecule has 0 unspecified atom stereocenters. The molecule has 0 bridgehead atoms. The molecule has 2 heterocycles. The fourth-order valence-corrected chi connectivity index (χ4v) is 3.49. The average Bonchev–Trinajstić information content (AvgIpc) is 2.91. The quantitative estimate of drug-likeness (QED) is 0.847. The summed E-state index contributed by atoms with van der Waals surface area (Å²) in [5.41, 5.74) is 0.460. The maximum atomic E-state index is 4.49. The van der Waals surface area contributed by atoms with E-state index in [0.717, 1.165) is 42.2 Å². The van der Waals surface area contributed by atoms with Gasteiger partial charge in [-0.15, -0.1) is 0 Å². The molecule has 0 aliphatic carbocycles. The predicted octanol–water partition coefficient (Wildman–Crippen LogP) is 4.08. The van der Waals surface area contributed by atoms with Crippen LogP contribution in [-0.2, 0) is 0 Å². The third kappa shape index (κ3) is 3.08. The second-order valence-corrected chi connectivity index (χ2v) is 6.46. The molecule has 1 saturated heterocycles. The van der Waals surface area contributed by atoms with Crippen molar-refractivity contribution in [3.63, 3.8) is 0 Å². The third-order valence-corrected chi connectivity index (χ3v) is 5.28. The number of hydrogen-bond acceptors (Lipinski definition) is 4. The summed E-state index contributed by atoms with van der Waals surface area (Å²) in [6, 6.07) is 0. The standard InChI is InChI=1S/C15H25BrN4/c1-4-8-17-13-12(16)14(19-11-18-13)20-9-7-15(5-2,6-3)10-20/h11H,4-10H2,1-3H3,(H,17,18,19). The van der Waals surface area contributed by atoms with Crippen LogP contribution in [0.2, 0.25) is 0 Å². The molecule has 0 spiro atoms. The van der Waals surface area contributed by atoms with Crippen molar-refractivity contribution >= 4 is 27.6 Å². The first-order chi connectivity index (χ1) is 9.65. The van der Waals surface area contributed by atoms with E-state index in [9.17, 15) is 0 Å². The normalized spacial score (nSPS) is 17.5. The summed E-state index contributed by atoms with van der Waals surface area (Å²) in [6.45, 7) is 9.88. The molecule has 4 nitrogen and oxygen atoms in total. The van der Waals surface area contributed by atoms with Crippen LogP contribution < -0.4 is 10.2 Å². The number of nitrogens with zero attached hydrogens (tertiary/aromatic N) is 3. The Bertz CT molecular complexity index is 445. The van der Waals surface area contributed by atoms with E-state index in [4.69, 9.17) is 0 Å². The third-order valence-electron chi connectivity index (χ3n) is 4.55. The summed E-state index contributed by atoms with van der Waals surface area (Å²) in [5, 5.41) is 3.35. The smallest absolute Gasteiger partial charge is 0.148 e. The van der Waals surface area contributed by atoms with Gasteiger partial charge in [-0.05, 0) is 47.0 Å². The highest BCUT2D eigenvalue weighted by Crippen LogP contribution is 2.41. The summed E-state index contributed by atoms with van der Waals surface area (Å²) < 4.78 is 0.997. The molecule has 1 aliphatic heterocycles. The average molecular weight is 341 g/mol. The van der Waals surface area contributed by atoms with Gasteiger partial charge in [0.25, 0.3) is 0 Å². The second-order valence-electron chi connectivity index (χ2n) is 5.67. The van der Waals surface area contributed by atoms with Crippen LogP contribution in [0.25, 0.3) is 0 Å². The molecule has 20 heavy (non-hydrogen) atoms. The van der Waals surface area contributed by atoms with Gasteiger partial charge in [-0.2, -0.15) is 0 Å². The monoisotopic (exact) mass is 340 g/mol. The zero-order valence-corrected chi connectivity index (χ0v) is 14.3. The van der Waals surface area contributed by atoms with Gasteiger partial charge in [0.05, 0.1) is 0 Å². The molecule has 1 N–H and O–H groups in total. The molecule has 0 aromatic carbocycles. The van der Waals surface area contributed by atoms with Crippen molar-refractivity contribution < 1.29 is 0 Å². The first-order valence-electron chi connectivity index (χ1n) is 7.65. The summed E-state index contributed by atoms with van der Waals surface area (Å²) in [7, 11) is 0. The summed E-state index contributed by atoms with van der Waals surface area (Å²) in [6.07, 6.45) is 6.49. The Morgan fingerprint density at radius 1 is 1.30 bits per heavy atom. The van der Waals surface area contributed by atoms with Crippen molar-refractivity contribution in [1.82, 2.24) is 9.97 Å². The molecular formula is C15H25BrN4. The Hall–Kier alpha value is -0.840. The van der Waals surface area contributed by atoms with Crippen LogP contribution in [0.15, 0.2) is 10.8 Å². The van der Waals surface area contributed by atoms with Crippen molar-refractivity contribution in [1.29, 1.82) is 0 Å². The Balaban J connectivity index is 2.18. The zero-order chi connectivity index (χ0) is 14.6. The van der Waals surface area contributed by atoms with Crippen molar-refractivity contribution in [3.8, 4) is 0 Å².